The van der Waals surface area contributed by atoms with E-state index in [2.05, 4.69) is 15.9 Å². The van der Waals surface area contributed by atoms with Gasteiger partial charge in [0, 0.05) is 0 Å². The summed E-state index contributed by atoms with van der Waals surface area (Å²) >= 11 is 5.51. The molecule has 0 amide bonds. The van der Waals surface area contributed by atoms with E-state index in [1.54, 1.807) is 14.2 Å². The van der Waals surface area contributed by atoms with Crippen LogP contribution in [0.2, 0.25) is 0 Å². The molecule has 0 heterocycles. The van der Waals surface area contributed by atoms with Crippen LogP contribution in [0.3, 0.4) is 0 Å². The molecule has 0 aromatic heterocycles. The number of halogens is 1. The molecule has 0 spiro atoms. The molecule has 0 bridgehead atoms. The van der Waals surface area contributed by atoms with Gasteiger partial charge in [0.2, 0.25) is 0 Å². The van der Waals surface area contributed by atoms with Crippen molar-refractivity contribution in [3.8, 4) is 0 Å². The Kier molecular flexibility index (Phi) is 4.51. The minimum atomic E-state index is -0.296. The fraction of sp³-hybridized carbons (Fsp3) is 0.333. The van der Waals surface area contributed by atoms with Gasteiger partial charge in [0.15, 0.2) is 0 Å². The van der Waals surface area contributed by atoms with Crippen LogP contribution in [0.1, 0.15) is 11.9 Å². The quantitative estimate of drug-likeness (QED) is 0.586. The summed E-state index contributed by atoms with van der Waals surface area (Å²) in [6.45, 7) is 0. The molecule has 0 aliphatic heterocycles. The first-order valence-corrected chi connectivity index (χ1v) is 4.80. The van der Waals surface area contributed by atoms with Gasteiger partial charge in [-0.15, -0.1) is 0 Å². The van der Waals surface area contributed by atoms with Gasteiger partial charge in [0.25, 0.3) is 0 Å². The van der Waals surface area contributed by atoms with Crippen molar-refractivity contribution in [3.63, 3.8) is 0 Å². The maximum atomic E-state index is 5.15. The van der Waals surface area contributed by atoms with E-state index >= 15 is 0 Å². The van der Waals surface area contributed by atoms with Gasteiger partial charge in [-0.05, 0) is 0 Å². The summed E-state index contributed by atoms with van der Waals surface area (Å²) in [7, 11) is 3.25. The summed E-state index contributed by atoms with van der Waals surface area (Å²) in [6.07, 6.45) is -0.296. The van der Waals surface area contributed by atoms with Crippen LogP contribution in [-0.4, -0.2) is 31.9 Å². The zero-order chi connectivity index (χ0) is 9.84. The van der Waals surface area contributed by atoms with Crippen LogP contribution < -0.4 is 4.24 Å². The Bertz CT molecular complexity index is 287. The normalized spacial score (nSPS) is 10.9. The van der Waals surface area contributed by atoms with Gasteiger partial charge in [-0.2, -0.15) is 0 Å². The average molecular weight is 237 g/mol. The second-order valence-corrected chi connectivity index (χ2v) is 3.68. The summed E-state index contributed by atoms with van der Waals surface area (Å²) in [6, 6.07) is 6.07. The molecule has 0 atom stereocenters. The molecule has 66 valence electrons. The van der Waals surface area contributed by atoms with Crippen LogP contribution in [0.25, 0.3) is 0 Å². The molecule has 4 heteroatoms. The standard InChI is InChI=1S/C9H10BrO2.Li/c1-11-9(12-2)7-5-3-4-6-8(7)10;/h3,5-6,9H,1-2H3;. The van der Waals surface area contributed by atoms with Crippen molar-refractivity contribution >= 4 is 37.9 Å². The van der Waals surface area contributed by atoms with Crippen molar-refractivity contribution in [2.75, 3.05) is 14.2 Å². The Labute approximate surface area is 95.9 Å². The fourth-order valence-corrected chi connectivity index (χ4v) is 1.85. The van der Waals surface area contributed by atoms with Crippen molar-refractivity contribution in [2.24, 2.45) is 0 Å². The van der Waals surface area contributed by atoms with E-state index in [1.807, 2.05) is 35.9 Å². The minimum absolute atomic E-state index is 0.296. The van der Waals surface area contributed by atoms with Crippen LogP contribution in [0.4, 0.5) is 0 Å². The van der Waals surface area contributed by atoms with E-state index in [9.17, 15) is 0 Å². The van der Waals surface area contributed by atoms with Gasteiger partial charge in [0.1, 0.15) is 0 Å². The summed E-state index contributed by atoms with van der Waals surface area (Å²) in [5.41, 5.74) is 1.01. The molecule has 13 heavy (non-hydrogen) atoms. The second kappa shape index (κ2) is 5.19. The molecular formula is C9H10BrLiO2. The number of ether oxygens (including phenoxy) is 2. The summed E-state index contributed by atoms with van der Waals surface area (Å²) in [5.74, 6) is 0. The molecule has 0 aliphatic carbocycles. The zero-order valence-corrected chi connectivity index (χ0v) is 9.59. The van der Waals surface area contributed by atoms with Crippen molar-refractivity contribution < 1.29 is 9.47 Å². The van der Waals surface area contributed by atoms with Crippen molar-refractivity contribution in [3.05, 3.63) is 28.2 Å². The Morgan fingerprint density at radius 3 is 2.38 bits per heavy atom. The molecule has 0 aliphatic rings. The Balaban J connectivity index is 2.99. The summed E-state index contributed by atoms with van der Waals surface area (Å²) < 4.78 is 12.5. The maximum absolute atomic E-state index is 5.15. The summed E-state index contributed by atoms with van der Waals surface area (Å²) in [5, 5.41) is 0. The van der Waals surface area contributed by atoms with E-state index in [-0.39, 0.29) is 6.29 Å². The zero-order valence-electron chi connectivity index (χ0n) is 8.00. The van der Waals surface area contributed by atoms with Gasteiger partial charge >= 0.3 is 96.1 Å². The number of hydrogen-bond acceptors (Lipinski definition) is 2. The monoisotopic (exact) mass is 236 g/mol. The predicted octanol–water partition coefficient (Wildman–Crippen LogP) is 1.53. The van der Waals surface area contributed by atoms with Crippen LogP contribution in [0.15, 0.2) is 22.7 Å². The van der Waals surface area contributed by atoms with E-state index < -0.39 is 0 Å². The predicted molar refractivity (Wildman–Crippen MR) is 56.3 cm³/mol. The molecule has 0 saturated heterocycles. The third-order valence-electron chi connectivity index (χ3n) is 1.84. The number of rotatable bonds is 3. The molecule has 1 rings (SSSR count). The van der Waals surface area contributed by atoms with Gasteiger partial charge in [-0.1, -0.05) is 0 Å². The van der Waals surface area contributed by atoms with Crippen LogP contribution >= 0.6 is 15.9 Å². The first-order chi connectivity index (χ1) is 6.19. The van der Waals surface area contributed by atoms with E-state index in [1.165, 1.54) is 4.24 Å². The van der Waals surface area contributed by atoms with Crippen molar-refractivity contribution in [1.82, 2.24) is 0 Å². The number of methoxy groups -OCH3 is 2. The summed E-state index contributed by atoms with van der Waals surface area (Å²) in [4.78, 5) is 0. The molecule has 0 saturated carbocycles. The second-order valence-electron chi connectivity index (χ2n) is 2.83. The molecule has 0 unspecified atom stereocenters. The van der Waals surface area contributed by atoms with Gasteiger partial charge < -0.3 is 0 Å². The van der Waals surface area contributed by atoms with Gasteiger partial charge in [-0.25, -0.2) is 0 Å². The fourth-order valence-electron chi connectivity index (χ4n) is 1.17. The van der Waals surface area contributed by atoms with Crippen molar-refractivity contribution in [2.45, 2.75) is 6.29 Å². The number of hydrogen-bond donors (Lipinski definition) is 0. The van der Waals surface area contributed by atoms with E-state index in [0.717, 1.165) is 10.0 Å². The van der Waals surface area contributed by atoms with Crippen LogP contribution in [-0.2, 0) is 9.47 Å². The first kappa shape index (κ1) is 11.3. The Morgan fingerprint density at radius 1 is 1.31 bits per heavy atom. The molecule has 1 aromatic rings. The van der Waals surface area contributed by atoms with E-state index in [0.29, 0.717) is 0 Å². The first-order valence-electron chi connectivity index (χ1n) is 4.00. The Morgan fingerprint density at radius 2 is 1.92 bits per heavy atom. The molecular weight excluding hydrogens is 227 g/mol. The molecule has 0 fully saturated rings. The van der Waals surface area contributed by atoms with Gasteiger partial charge in [-0.3, -0.25) is 0 Å². The topological polar surface area (TPSA) is 18.5 Å². The Hall–Kier alpha value is 0.217. The van der Waals surface area contributed by atoms with Gasteiger partial charge in [0.05, 0.1) is 0 Å². The van der Waals surface area contributed by atoms with E-state index in [4.69, 9.17) is 9.47 Å². The molecule has 2 nitrogen and oxygen atoms in total. The third-order valence-corrected chi connectivity index (χ3v) is 2.52. The van der Waals surface area contributed by atoms with Crippen LogP contribution in [0, 0.1) is 0 Å². The van der Waals surface area contributed by atoms with Crippen LogP contribution in [0.5, 0.6) is 0 Å². The molecule has 1 aromatic carbocycles. The number of benzene rings is 1. The SMILES string of the molecule is [Li][c]1ccc(C(OC)OC)c(Br)c1. The molecule has 0 radical (unpaired) electrons. The van der Waals surface area contributed by atoms with Crippen molar-refractivity contribution in [1.29, 1.82) is 0 Å². The third kappa shape index (κ3) is 2.83. The average Bonchev–Trinajstić information content (AvgIpc) is 2.10. The molecule has 0 N–H and O–H groups in total.